The number of unbranched alkanes of at least 4 members (excludes halogenated alkanes) is 15. The predicted octanol–water partition coefficient (Wildman–Crippen LogP) is 7.49. The number of hydrogen-bond acceptors (Lipinski definition) is 6. The second-order valence-electron chi connectivity index (χ2n) is 10.7. The molecule has 0 aromatic heterocycles. The van der Waals surface area contributed by atoms with Crippen LogP contribution in [0.15, 0.2) is 24.3 Å². The molecular weight excluding hydrogens is 527 g/mol. The molecule has 1 amide bonds. The molecule has 0 aliphatic rings. The van der Waals surface area contributed by atoms with Crippen molar-refractivity contribution in [3.63, 3.8) is 0 Å². The summed E-state index contributed by atoms with van der Waals surface area (Å²) in [6.45, 7) is 3.97. The zero-order chi connectivity index (χ0) is 29.7. The lowest BCUT2D eigenvalue weighted by Crippen LogP contribution is -2.45. The van der Waals surface area contributed by atoms with Crippen molar-refractivity contribution in [1.29, 1.82) is 0 Å². The Balaban J connectivity index is 4.32. The van der Waals surface area contributed by atoms with Gasteiger partial charge < -0.3 is 21.1 Å². The molecule has 0 heterocycles. The summed E-state index contributed by atoms with van der Waals surface area (Å²) in [7, 11) is -4.32. The zero-order valence-corrected chi connectivity index (χ0v) is 26.5. The predicted molar refractivity (Wildman–Crippen MR) is 166 cm³/mol. The van der Waals surface area contributed by atoms with Gasteiger partial charge in [-0.05, 0) is 25.7 Å². The number of allylic oxidation sites excluding steroid dienone is 3. The summed E-state index contributed by atoms with van der Waals surface area (Å²) in [6.07, 6.45) is 28.2. The van der Waals surface area contributed by atoms with Gasteiger partial charge >= 0.3 is 7.82 Å². The van der Waals surface area contributed by atoms with E-state index in [0.29, 0.717) is 6.42 Å². The van der Waals surface area contributed by atoms with Crippen molar-refractivity contribution in [2.24, 2.45) is 5.73 Å². The minimum absolute atomic E-state index is 0.0747. The molecule has 0 spiro atoms. The molecule has 3 unspecified atom stereocenters. The fourth-order valence-electron chi connectivity index (χ4n) is 4.33. The van der Waals surface area contributed by atoms with Gasteiger partial charge in [-0.25, -0.2) is 4.57 Å². The van der Waals surface area contributed by atoms with E-state index < -0.39 is 20.0 Å². The van der Waals surface area contributed by atoms with E-state index in [0.717, 1.165) is 44.9 Å². The van der Waals surface area contributed by atoms with Crippen LogP contribution in [0.25, 0.3) is 0 Å². The first-order valence-electron chi connectivity index (χ1n) is 16.0. The first-order chi connectivity index (χ1) is 19.4. The third-order valence-corrected chi connectivity index (χ3v) is 7.75. The summed E-state index contributed by atoms with van der Waals surface area (Å²) in [5.74, 6) is -0.210. The number of aliphatic hydroxyl groups is 1. The van der Waals surface area contributed by atoms with Crippen LogP contribution in [-0.2, 0) is 18.4 Å². The van der Waals surface area contributed by atoms with Crippen LogP contribution < -0.4 is 11.1 Å². The Hall–Kier alpha value is -1.02. The average Bonchev–Trinajstić information content (AvgIpc) is 2.93. The molecule has 9 heteroatoms. The first-order valence-corrected chi connectivity index (χ1v) is 17.5. The van der Waals surface area contributed by atoms with Gasteiger partial charge in [-0.3, -0.25) is 13.8 Å². The third kappa shape index (κ3) is 25.9. The Labute approximate surface area is 245 Å². The summed E-state index contributed by atoms with van der Waals surface area (Å²) in [5, 5.41) is 13.4. The number of amides is 1. The molecule has 8 nitrogen and oxygen atoms in total. The average molecular weight is 589 g/mol. The number of carbonyl (C=O) groups excluding carboxylic acids is 1. The first kappa shape index (κ1) is 39.0. The number of rotatable bonds is 29. The van der Waals surface area contributed by atoms with Crippen LogP contribution in [0.1, 0.15) is 136 Å². The van der Waals surface area contributed by atoms with E-state index in [1.54, 1.807) is 6.08 Å². The minimum atomic E-state index is -4.32. The van der Waals surface area contributed by atoms with E-state index in [9.17, 15) is 19.4 Å². The molecule has 236 valence electrons. The van der Waals surface area contributed by atoms with Crippen molar-refractivity contribution in [3.05, 3.63) is 24.3 Å². The number of carbonyl (C=O) groups is 1. The highest BCUT2D eigenvalue weighted by atomic mass is 31.2. The van der Waals surface area contributed by atoms with Crippen molar-refractivity contribution in [3.8, 4) is 0 Å². The molecule has 0 aliphatic carbocycles. The maximum atomic E-state index is 12.6. The summed E-state index contributed by atoms with van der Waals surface area (Å²) in [4.78, 5) is 22.4. The molecule has 0 saturated heterocycles. The molecule has 0 fully saturated rings. The highest BCUT2D eigenvalue weighted by Gasteiger charge is 2.26. The van der Waals surface area contributed by atoms with Gasteiger partial charge in [0.25, 0.3) is 0 Å². The van der Waals surface area contributed by atoms with Gasteiger partial charge in [0.05, 0.1) is 25.4 Å². The maximum absolute atomic E-state index is 12.6. The van der Waals surface area contributed by atoms with Crippen LogP contribution in [0.5, 0.6) is 0 Å². The molecule has 0 saturated carbocycles. The van der Waals surface area contributed by atoms with E-state index in [2.05, 4.69) is 31.3 Å². The van der Waals surface area contributed by atoms with E-state index in [1.165, 1.54) is 70.6 Å². The quantitative estimate of drug-likeness (QED) is 0.0404. The highest BCUT2D eigenvalue weighted by Crippen LogP contribution is 2.43. The maximum Gasteiger partial charge on any atom is 0.472 e. The Morgan fingerprint density at radius 2 is 1.32 bits per heavy atom. The lowest BCUT2D eigenvalue weighted by Gasteiger charge is -2.23. The number of nitrogens with one attached hydrogen (secondary N) is 1. The fraction of sp³-hybridized carbons (Fsp3) is 0.839. The van der Waals surface area contributed by atoms with Crippen molar-refractivity contribution < 1.29 is 28.4 Å². The lowest BCUT2D eigenvalue weighted by molar-refractivity contribution is -0.123. The smallest absolute Gasteiger partial charge is 0.387 e. The normalized spacial score (nSPS) is 15.0. The highest BCUT2D eigenvalue weighted by molar-refractivity contribution is 7.47. The molecule has 0 aromatic carbocycles. The molecule has 0 rings (SSSR count). The largest absolute Gasteiger partial charge is 0.472 e. The number of phosphoric ester groups is 1. The van der Waals surface area contributed by atoms with E-state index in [4.69, 9.17) is 14.8 Å². The third-order valence-electron chi connectivity index (χ3n) is 6.76. The Morgan fingerprint density at radius 1 is 0.800 bits per heavy atom. The van der Waals surface area contributed by atoms with Gasteiger partial charge in [0.15, 0.2) is 0 Å². The second kappa shape index (κ2) is 28.1. The van der Waals surface area contributed by atoms with E-state index in [1.807, 2.05) is 6.08 Å². The van der Waals surface area contributed by atoms with Crippen molar-refractivity contribution >= 4 is 13.7 Å². The summed E-state index contributed by atoms with van der Waals surface area (Å²) in [6, 6.07) is -0.868. The number of aliphatic hydroxyl groups excluding tert-OH is 1. The SMILES string of the molecule is CCC/C=C/CC/C=C/C(O)C(COP(=O)(O)OCCN)NC(=O)CCCCCCCCCCCCCCCC. The topological polar surface area (TPSA) is 131 Å². The minimum Gasteiger partial charge on any atom is -0.387 e. The van der Waals surface area contributed by atoms with Gasteiger partial charge in [0, 0.05) is 13.0 Å². The standard InChI is InChI=1S/C31H61N2O6P/c1-3-5-7-9-11-12-13-14-15-16-17-19-21-23-25-31(35)33-29(28-39-40(36,37)38-27-26-32)30(34)24-22-20-18-10-8-6-4-2/h8,10,22,24,29-30,34H,3-7,9,11-21,23,25-28,32H2,1-2H3,(H,33,35)(H,36,37)/b10-8+,24-22+. The van der Waals surface area contributed by atoms with Gasteiger partial charge in [0.2, 0.25) is 5.91 Å². The van der Waals surface area contributed by atoms with E-state index in [-0.39, 0.29) is 25.7 Å². The van der Waals surface area contributed by atoms with Gasteiger partial charge in [-0.2, -0.15) is 0 Å². The molecule has 3 atom stereocenters. The molecule has 0 radical (unpaired) electrons. The van der Waals surface area contributed by atoms with Crippen molar-refractivity contribution in [2.75, 3.05) is 19.8 Å². The van der Waals surface area contributed by atoms with Crippen molar-refractivity contribution in [1.82, 2.24) is 5.32 Å². The van der Waals surface area contributed by atoms with Crippen LogP contribution in [0.4, 0.5) is 0 Å². The molecular formula is C31H61N2O6P. The lowest BCUT2D eigenvalue weighted by atomic mass is 10.0. The van der Waals surface area contributed by atoms with Crippen LogP contribution in [0, 0.1) is 0 Å². The zero-order valence-electron chi connectivity index (χ0n) is 25.6. The van der Waals surface area contributed by atoms with Crippen LogP contribution >= 0.6 is 7.82 Å². The molecule has 40 heavy (non-hydrogen) atoms. The summed E-state index contributed by atoms with van der Waals surface area (Å²) >= 11 is 0. The monoisotopic (exact) mass is 588 g/mol. The molecule has 0 bridgehead atoms. The van der Waals surface area contributed by atoms with Crippen LogP contribution in [0.2, 0.25) is 0 Å². The summed E-state index contributed by atoms with van der Waals surface area (Å²) < 4.78 is 21.8. The number of phosphoric acid groups is 1. The van der Waals surface area contributed by atoms with Crippen LogP contribution in [0.3, 0.4) is 0 Å². The number of hydrogen-bond donors (Lipinski definition) is 4. The fourth-order valence-corrected chi connectivity index (χ4v) is 5.09. The van der Waals surface area contributed by atoms with Gasteiger partial charge in [-0.15, -0.1) is 0 Å². The van der Waals surface area contributed by atoms with Crippen molar-refractivity contribution in [2.45, 2.75) is 148 Å². The molecule has 0 aromatic rings. The molecule has 0 aliphatic heterocycles. The summed E-state index contributed by atoms with van der Waals surface area (Å²) in [5.41, 5.74) is 5.31. The van der Waals surface area contributed by atoms with E-state index >= 15 is 0 Å². The van der Waals surface area contributed by atoms with Crippen LogP contribution in [-0.4, -0.2) is 47.8 Å². The Bertz CT molecular complexity index is 689. The Kier molecular flexibility index (Phi) is 27.4. The second-order valence-corrected chi connectivity index (χ2v) is 12.1. The molecule has 5 N–H and O–H groups in total. The Morgan fingerprint density at radius 3 is 1.88 bits per heavy atom. The number of nitrogens with two attached hydrogens (primary N) is 1. The van der Waals surface area contributed by atoms with Gasteiger partial charge in [0.1, 0.15) is 0 Å². The van der Waals surface area contributed by atoms with Gasteiger partial charge in [-0.1, -0.05) is 128 Å².